The molecule has 2 rings (SSSR count). The number of esters is 1. The average Bonchev–Trinajstić information content (AvgIpc) is 2.50. The highest BCUT2D eigenvalue weighted by Crippen LogP contribution is 2.31. The van der Waals surface area contributed by atoms with Crippen LogP contribution in [0.25, 0.3) is 0 Å². The summed E-state index contributed by atoms with van der Waals surface area (Å²) in [5, 5.41) is 0. The quantitative estimate of drug-likeness (QED) is 0.783. The maximum Gasteiger partial charge on any atom is 0.311 e. The van der Waals surface area contributed by atoms with Crippen LogP contribution in [0.4, 0.5) is 0 Å². The van der Waals surface area contributed by atoms with Crippen molar-refractivity contribution < 1.29 is 23.9 Å². The first-order valence-electron chi connectivity index (χ1n) is 6.82. The number of quaternary nitrogens is 1. The van der Waals surface area contributed by atoms with Crippen LogP contribution < -0.4 is 14.4 Å². The second kappa shape index (κ2) is 6.61. The molecule has 0 saturated heterocycles. The van der Waals surface area contributed by atoms with Crippen LogP contribution in [0.3, 0.4) is 0 Å². The fourth-order valence-corrected chi connectivity index (χ4v) is 2.62. The lowest BCUT2D eigenvalue weighted by Gasteiger charge is -2.26. The molecule has 5 heteroatoms. The van der Waals surface area contributed by atoms with E-state index in [0.717, 1.165) is 37.6 Å². The minimum atomic E-state index is -0.143. The van der Waals surface area contributed by atoms with Gasteiger partial charge >= 0.3 is 5.97 Å². The third-order valence-corrected chi connectivity index (χ3v) is 3.80. The van der Waals surface area contributed by atoms with Gasteiger partial charge in [0, 0.05) is 12.0 Å². The van der Waals surface area contributed by atoms with Gasteiger partial charge in [0.2, 0.25) is 0 Å². The molecule has 0 bridgehead atoms. The van der Waals surface area contributed by atoms with E-state index >= 15 is 0 Å². The fraction of sp³-hybridized carbons (Fsp3) is 0.533. The minimum absolute atomic E-state index is 0.143. The molecule has 5 nitrogen and oxygen atoms in total. The van der Waals surface area contributed by atoms with Crippen LogP contribution in [-0.4, -0.2) is 40.4 Å². The molecule has 0 saturated carbocycles. The van der Waals surface area contributed by atoms with E-state index in [1.54, 1.807) is 14.2 Å². The van der Waals surface area contributed by atoms with E-state index in [9.17, 15) is 4.79 Å². The van der Waals surface area contributed by atoms with E-state index in [-0.39, 0.29) is 5.97 Å². The first-order chi connectivity index (χ1) is 9.67. The van der Waals surface area contributed by atoms with E-state index in [2.05, 4.69) is 10.8 Å². The first kappa shape index (κ1) is 14.7. The molecule has 0 fully saturated rings. The van der Waals surface area contributed by atoms with Crippen molar-refractivity contribution >= 4 is 5.97 Å². The van der Waals surface area contributed by atoms with Crippen molar-refractivity contribution in [3.8, 4) is 11.5 Å². The van der Waals surface area contributed by atoms with Gasteiger partial charge in [0.05, 0.1) is 40.8 Å². The van der Waals surface area contributed by atoms with Gasteiger partial charge < -0.3 is 19.1 Å². The van der Waals surface area contributed by atoms with Gasteiger partial charge in [-0.05, 0) is 17.7 Å². The first-order valence-corrected chi connectivity index (χ1v) is 6.82. The zero-order valence-electron chi connectivity index (χ0n) is 12.3. The summed E-state index contributed by atoms with van der Waals surface area (Å²) >= 11 is 0. The van der Waals surface area contributed by atoms with Crippen LogP contribution in [0, 0.1) is 0 Å². The summed E-state index contributed by atoms with van der Waals surface area (Å²) in [6.07, 6.45) is 1.46. The lowest BCUT2D eigenvalue weighted by molar-refractivity contribution is -0.915. The van der Waals surface area contributed by atoms with Crippen molar-refractivity contribution in [2.75, 3.05) is 34.4 Å². The second-order valence-corrected chi connectivity index (χ2v) is 4.98. The van der Waals surface area contributed by atoms with Crippen LogP contribution in [0.2, 0.25) is 0 Å². The van der Waals surface area contributed by atoms with Gasteiger partial charge in [-0.2, -0.15) is 0 Å². The van der Waals surface area contributed by atoms with Crippen LogP contribution in [0.1, 0.15) is 17.5 Å². The molecule has 0 spiro atoms. The molecule has 1 aromatic carbocycles. The van der Waals surface area contributed by atoms with Crippen LogP contribution in [0.5, 0.6) is 11.5 Å². The second-order valence-electron chi connectivity index (χ2n) is 4.98. The summed E-state index contributed by atoms with van der Waals surface area (Å²) in [5.41, 5.74) is 2.58. The van der Waals surface area contributed by atoms with Gasteiger partial charge in [0.25, 0.3) is 0 Å². The largest absolute Gasteiger partial charge is 0.493 e. The Kier molecular flexibility index (Phi) is 4.84. The number of fused-ring (bicyclic) bond motifs is 1. The molecule has 1 atom stereocenters. The molecule has 1 N–H and O–H groups in total. The Bertz CT molecular complexity index is 487. The van der Waals surface area contributed by atoms with Crippen molar-refractivity contribution in [1.82, 2.24) is 0 Å². The summed E-state index contributed by atoms with van der Waals surface area (Å²) < 4.78 is 15.4. The average molecular weight is 280 g/mol. The summed E-state index contributed by atoms with van der Waals surface area (Å²) in [6.45, 7) is 2.74. The van der Waals surface area contributed by atoms with Crippen molar-refractivity contribution in [1.29, 1.82) is 0 Å². The number of methoxy groups -OCH3 is 3. The molecule has 1 aromatic rings. The van der Waals surface area contributed by atoms with Gasteiger partial charge in [0.15, 0.2) is 11.5 Å². The maximum absolute atomic E-state index is 11.2. The van der Waals surface area contributed by atoms with Crippen LogP contribution in [-0.2, 0) is 22.5 Å². The summed E-state index contributed by atoms with van der Waals surface area (Å²) in [5.74, 6) is 1.40. The zero-order valence-corrected chi connectivity index (χ0v) is 12.3. The number of nitrogens with one attached hydrogen (secondary N) is 1. The normalized spacial score (nSPS) is 17.2. The number of rotatable bonds is 5. The Hall–Kier alpha value is -1.75. The zero-order chi connectivity index (χ0) is 14.5. The van der Waals surface area contributed by atoms with Gasteiger partial charge in [-0.3, -0.25) is 4.79 Å². The Morgan fingerprint density at radius 1 is 1.15 bits per heavy atom. The maximum atomic E-state index is 11.2. The monoisotopic (exact) mass is 280 g/mol. The molecule has 1 heterocycles. The highest BCUT2D eigenvalue weighted by Gasteiger charge is 2.22. The third-order valence-electron chi connectivity index (χ3n) is 3.80. The molecule has 0 aliphatic carbocycles. The van der Waals surface area contributed by atoms with E-state index < -0.39 is 0 Å². The van der Waals surface area contributed by atoms with E-state index in [1.165, 1.54) is 23.1 Å². The Morgan fingerprint density at radius 2 is 1.80 bits per heavy atom. The summed E-state index contributed by atoms with van der Waals surface area (Å²) in [4.78, 5) is 12.6. The molecule has 1 aliphatic heterocycles. The smallest absolute Gasteiger partial charge is 0.311 e. The Labute approximate surface area is 119 Å². The number of benzene rings is 1. The van der Waals surface area contributed by atoms with Crippen LogP contribution >= 0.6 is 0 Å². The van der Waals surface area contributed by atoms with Gasteiger partial charge in [-0.1, -0.05) is 0 Å². The van der Waals surface area contributed by atoms with Crippen molar-refractivity contribution in [3.63, 3.8) is 0 Å². The van der Waals surface area contributed by atoms with Crippen molar-refractivity contribution in [2.45, 2.75) is 19.4 Å². The van der Waals surface area contributed by atoms with Gasteiger partial charge in [0.1, 0.15) is 6.54 Å². The minimum Gasteiger partial charge on any atom is -0.493 e. The SMILES string of the molecule is COC(=O)CC[NH+]1CCc2cc(OC)c(OC)cc2C1. The predicted molar refractivity (Wildman–Crippen MR) is 74.3 cm³/mol. The number of hydrogen-bond donors (Lipinski definition) is 1. The van der Waals surface area contributed by atoms with E-state index in [0.29, 0.717) is 6.42 Å². The molecule has 20 heavy (non-hydrogen) atoms. The molecule has 1 aliphatic rings. The summed E-state index contributed by atoms with van der Waals surface area (Å²) in [7, 11) is 4.73. The molecule has 0 aromatic heterocycles. The fourth-order valence-electron chi connectivity index (χ4n) is 2.62. The highest BCUT2D eigenvalue weighted by atomic mass is 16.5. The topological polar surface area (TPSA) is 49.2 Å². The standard InChI is InChI=1S/C15H21NO4/c1-18-13-8-11-4-6-16(7-5-15(17)20-3)10-12(11)9-14(13)19-2/h8-9H,4-7,10H2,1-3H3/p+1. The third kappa shape index (κ3) is 3.22. The van der Waals surface area contributed by atoms with Crippen LogP contribution in [0.15, 0.2) is 12.1 Å². The van der Waals surface area contributed by atoms with Crippen molar-refractivity contribution in [2.24, 2.45) is 0 Å². The molecule has 1 unspecified atom stereocenters. The van der Waals surface area contributed by atoms with E-state index in [1.807, 2.05) is 6.07 Å². The Morgan fingerprint density at radius 3 is 2.40 bits per heavy atom. The lowest BCUT2D eigenvalue weighted by atomic mass is 9.98. The molecule has 0 amide bonds. The predicted octanol–water partition coefficient (Wildman–Crippen LogP) is 0.208. The Balaban J connectivity index is 2.07. The molecular weight excluding hydrogens is 258 g/mol. The highest BCUT2D eigenvalue weighted by molar-refractivity contribution is 5.69. The number of hydrogen-bond acceptors (Lipinski definition) is 4. The molecule has 110 valence electrons. The lowest BCUT2D eigenvalue weighted by Crippen LogP contribution is -3.11. The van der Waals surface area contributed by atoms with E-state index in [4.69, 9.17) is 9.47 Å². The number of carbonyl (C=O) groups is 1. The van der Waals surface area contributed by atoms with Gasteiger partial charge in [-0.15, -0.1) is 0 Å². The molecule has 0 radical (unpaired) electrons. The van der Waals surface area contributed by atoms with Gasteiger partial charge in [-0.25, -0.2) is 0 Å². The molecular formula is C15H22NO4+. The number of carbonyl (C=O) groups excluding carboxylic acids is 1. The summed E-state index contributed by atoms with van der Waals surface area (Å²) in [6, 6.07) is 4.11. The van der Waals surface area contributed by atoms with Crippen molar-refractivity contribution in [3.05, 3.63) is 23.3 Å². The number of ether oxygens (including phenoxy) is 3.